The first-order valence-electron chi connectivity index (χ1n) is 8.64. The number of para-hydroxylation sites is 1. The van der Waals surface area contributed by atoms with Gasteiger partial charge in [0, 0.05) is 38.1 Å². The molecule has 0 unspecified atom stereocenters. The number of amides is 2. The summed E-state index contributed by atoms with van der Waals surface area (Å²) < 4.78 is 5.14. The Bertz CT molecular complexity index is 888. The number of carbonyl (C=O) groups is 2. The maximum Gasteiger partial charge on any atom is 0.289 e. The lowest BCUT2D eigenvalue weighted by Gasteiger charge is -2.33. The van der Waals surface area contributed by atoms with Crippen LogP contribution in [0.2, 0.25) is 0 Å². The monoisotopic (exact) mass is 364 g/mol. The van der Waals surface area contributed by atoms with Gasteiger partial charge in [-0.15, -0.1) is 0 Å². The van der Waals surface area contributed by atoms with Crippen molar-refractivity contribution in [2.24, 2.45) is 0 Å². The third-order valence-electron chi connectivity index (χ3n) is 4.40. The van der Waals surface area contributed by atoms with E-state index in [0.29, 0.717) is 37.6 Å². The molecule has 1 aliphatic heterocycles. The van der Waals surface area contributed by atoms with Crippen LogP contribution in [0.5, 0.6) is 0 Å². The van der Waals surface area contributed by atoms with Gasteiger partial charge in [-0.2, -0.15) is 5.26 Å². The fourth-order valence-corrected chi connectivity index (χ4v) is 2.83. The van der Waals surface area contributed by atoms with E-state index in [-0.39, 0.29) is 11.5 Å². The number of carbonyl (C=O) groups excluding carboxylic acids is 2. The molecule has 2 aromatic rings. The molecule has 0 aliphatic carbocycles. The van der Waals surface area contributed by atoms with Crippen LogP contribution in [0.3, 0.4) is 0 Å². The molecule has 1 fully saturated rings. The van der Waals surface area contributed by atoms with Gasteiger partial charge in [0.25, 0.3) is 11.8 Å². The van der Waals surface area contributed by atoms with Crippen LogP contribution in [0.4, 0.5) is 5.69 Å². The largest absolute Gasteiger partial charge is 0.459 e. The molecule has 0 radical (unpaired) electrons. The van der Waals surface area contributed by atoms with E-state index in [4.69, 9.17) is 4.42 Å². The second kappa shape index (κ2) is 8.23. The molecule has 1 saturated heterocycles. The Morgan fingerprint density at radius 1 is 1.15 bits per heavy atom. The molecule has 2 amide bonds. The number of nitriles is 1. The molecule has 0 saturated carbocycles. The van der Waals surface area contributed by atoms with Gasteiger partial charge < -0.3 is 19.5 Å². The van der Waals surface area contributed by atoms with Crippen molar-refractivity contribution in [3.8, 4) is 6.07 Å². The number of aryl methyl sites for hydroxylation is 1. The number of furan rings is 1. The van der Waals surface area contributed by atoms with Crippen molar-refractivity contribution in [2.75, 3.05) is 31.5 Å². The van der Waals surface area contributed by atoms with E-state index in [1.165, 1.54) is 6.26 Å². The highest BCUT2D eigenvalue weighted by molar-refractivity contribution is 6.06. The van der Waals surface area contributed by atoms with Crippen molar-refractivity contribution in [2.45, 2.75) is 6.92 Å². The first-order valence-corrected chi connectivity index (χ1v) is 8.64. The van der Waals surface area contributed by atoms with Crippen LogP contribution >= 0.6 is 0 Å². The van der Waals surface area contributed by atoms with Crippen molar-refractivity contribution in [1.82, 2.24) is 9.80 Å². The van der Waals surface area contributed by atoms with Gasteiger partial charge in [0.1, 0.15) is 11.6 Å². The number of nitrogens with zero attached hydrogens (tertiary/aromatic N) is 3. The quantitative estimate of drug-likeness (QED) is 0.665. The van der Waals surface area contributed by atoms with Crippen LogP contribution < -0.4 is 5.32 Å². The molecule has 1 aliphatic rings. The SMILES string of the molecule is Cc1ccccc1NC(=O)/C(C#N)=C\N1CCN(C(=O)c2ccco2)CC1. The predicted molar refractivity (Wildman–Crippen MR) is 99.7 cm³/mol. The minimum absolute atomic E-state index is 0.0315. The summed E-state index contributed by atoms with van der Waals surface area (Å²) in [5.41, 5.74) is 1.63. The average Bonchev–Trinajstić information content (AvgIpc) is 3.22. The highest BCUT2D eigenvalue weighted by atomic mass is 16.3. The molecule has 7 nitrogen and oxygen atoms in total. The molecule has 2 heterocycles. The summed E-state index contributed by atoms with van der Waals surface area (Å²) in [6.45, 7) is 3.95. The standard InChI is InChI=1S/C20H20N4O3/c1-15-5-2-3-6-17(15)22-19(25)16(13-21)14-23-8-10-24(11-9-23)20(26)18-7-4-12-27-18/h2-7,12,14H,8-11H2,1H3,(H,22,25)/b16-14-. The minimum atomic E-state index is -0.444. The second-order valence-corrected chi connectivity index (χ2v) is 6.23. The lowest BCUT2D eigenvalue weighted by atomic mass is 10.2. The van der Waals surface area contributed by atoms with Gasteiger partial charge in [0.2, 0.25) is 0 Å². The van der Waals surface area contributed by atoms with Crippen LogP contribution in [0.15, 0.2) is 58.9 Å². The van der Waals surface area contributed by atoms with E-state index in [9.17, 15) is 14.9 Å². The molecule has 0 bridgehead atoms. The highest BCUT2D eigenvalue weighted by Crippen LogP contribution is 2.15. The molecule has 1 aromatic carbocycles. The maximum atomic E-state index is 12.4. The van der Waals surface area contributed by atoms with Crippen LogP contribution in [-0.4, -0.2) is 47.8 Å². The first kappa shape index (κ1) is 18.3. The average molecular weight is 364 g/mol. The summed E-state index contributed by atoms with van der Waals surface area (Å²) in [6, 6.07) is 12.7. The number of piperazine rings is 1. The molecule has 138 valence electrons. The van der Waals surface area contributed by atoms with Crippen molar-refractivity contribution in [3.63, 3.8) is 0 Å². The summed E-state index contributed by atoms with van der Waals surface area (Å²) >= 11 is 0. The Balaban J connectivity index is 1.60. The van der Waals surface area contributed by atoms with Gasteiger partial charge in [-0.1, -0.05) is 18.2 Å². The Morgan fingerprint density at radius 2 is 1.89 bits per heavy atom. The summed E-state index contributed by atoms with van der Waals surface area (Å²) in [5, 5.41) is 12.1. The zero-order valence-corrected chi connectivity index (χ0v) is 15.0. The third kappa shape index (κ3) is 4.36. The van der Waals surface area contributed by atoms with Crippen LogP contribution in [-0.2, 0) is 4.79 Å². The van der Waals surface area contributed by atoms with Gasteiger partial charge in [0.05, 0.1) is 6.26 Å². The molecule has 7 heteroatoms. The Morgan fingerprint density at radius 3 is 2.52 bits per heavy atom. The van der Waals surface area contributed by atoms with E-state index in [1.54, 1.807) is 29.3 Å². The van der Waals surface area contributed by atoms with Crippen molar-refractivity contribution in [3.05, 3.63) is 65.8 Å². The summed E-state index contributed by atoms with van der Waals surface area (Å²) in [5.74, 6) is -0.281. The second-order valence-electron chi connectivity index (χ2n) is 6.23. The zero-order valence-electron chi connectivity index (χ0n) is 15.0. The summed E-state index contributed by atoms with van der Waals surface area (Å²) in [4.78, 5) is 28.2. The molecule has 0 spiro atoms. The number of anilines is 1. The van der Waals surface area contributed by atoms with E-state index in [0.717, 1.165) is 5.56 Å². The van der Waals surface area contributed by atoms with Crippen molar-refractivity contribution in [1.29, 1.82) is 5.26 Å². The molecular weight excluding hydrogens is 344 g/mol. The van der Waals surface area contributed by atoms with E-state index in [1.807, 2.05) is 36.1 Å². The van der Waals surface area contributed by atoms with Gasteiger partial charge in [-0.3, -0.25) is 9.59 Å². The van der Waals surface area contributed by atoms with Crippen molar-refractivity contribution < 1.29 is 14.0 Å². The molecule has 0 atom stereocenters. The predicted octanol–water partition coefficient (Wildman–Crippen LogP) is 2.39. The van der Waals surface area contributed by atoms with Crippen LogP contribution in [0.1, 0.15) is 16.1 Å². The highest BCUT2D eigenvalue weighted by Gasteiger charge is 2.23. The fraction of sp³-hybridized carbons (Fsp3) is 0.250. The van der Waals surface area contributed by atoms with E-state index in [2.05, 4.69) is 5.32 Å². The smallest absolute Gasteiger partial charge is 0.289 e. The number of hydrogen-bond donors (Lipinski definition) is 1. The fourth-order valence-electron chi connectivity index (χ4n) is 2.83. The number of hydrogen-bond acceptors (Lipinski definition) is 5. The van der Waals surface area contributed by atoms with Gasteiger partial charge in [0.15, 0.2) is 5.76 Å². The molecule has 3 rings (SSSR count). The summed E-state index contributed by atoms with van der Waals surface area (Å²) in [7, 11) is 0. The normalized spacial score (nSPS) is 14.6. The van der Waals surface area contributed by atoms with E-state index >= 15 is 0 Å². The number of benzene rings is 1. The maximum absolute atomic E-state index is 12.4. The van der Waals surface area contributed by atoms with Crippen molar-refractivity contribution >= 4 is 17.5 Å². The first-order chi connectivity index (χ1) is 13.1. The molecular formula is C20H20N4O3. The van der Waals surface area contributed by atoms with Crippen LogP contribution in [0, 0.1) is 18.3 Å². The minimum Gasteiger partial charge on any atom is -0.459 e. The van der Waals surface area contributed by atoms with Gasteiger partial charge in [-0.25, -0.2) is 0 Å². The molecule has 1 N–H and O–H groups in total. The van der Waals surface area contributed by atoms with Gasteiger partial charge in [-0.05, 0) is 30.7 Å². The molecule has 1 aromatic heterocycles. The Labute approximate surface area is 157 Å². The lowest BCUT2D eigenvalue weighted by Crippen LogP contribution is -2.47. The Hall–Kier alpha value is -3.53. The Kier molecular flexibility index (Phi) is 5.57. The van der Waals surface area contributed by atoms with Gasteiger partial charge >= 0.3 is 0 Å². The van der Waals surface area contributed by atoms with E-state index < -0.39 is 5.91 Å². The number of nitrogens with one attached hydrogen (secondary N) is 1. The number of rotatable bonds is 4. The third-order valence-corrected chi connectivity index (χ3v) is 4.40. The summed E-state index contributed by atoms with van der Waals surface area (Å²) in [6.07, 6.45) is 3.03. The van der Waals surface area contributed by atoms with Crippen LogP contribution in [0.25, 0.3) is 0 Å². The molecule has 27 heavy (non-hydrogen) atoms. The topological polar surface area (TPSA) is 89.6 Å². The lowest BCUT2D eigenvalue weighted by molar-refractivity contribution is -0.112. The zero-order chi connectivity index (χ0) is 19.2.